The first-order chi connectivity index (χ1) is 10.9. The van der Waals surface area contributed by atoms with Crippen LogP contribution < -0.4 is 4.72 Å². The average Bonchev–Trinajstić information content (AvgIpc) is 2.55. The van der Waals surface area contributed by atoms with Crippen LogP contribution in [0.25, 0.3) is 0 Å². The zero-order valence-corrected chi connectivity index (χ0v) is 14.1. The molecule has 5 nitrogen and oxygen atoms in total. The third-order valence-corrected chi connectivity index (χ3v) is 5.54. The molecule has 0 aliphatic carbocycles. The lowest BCUT2D eigenvalue weighted by Gasteiger charge is -2.32. The molecule has 0 unspecified atom stereocenters. The van der Waals surface area contributed by atoms with Gasteiger partial charge in [-0.05, 0) is 50.6 Å². The number of sulfonamides is 1. The van der Waals surface area contributed by atoms with Crippen molar-refractivity contribution in [2.75, 3.05) is 31.9 Å². The van der Waals surface area contributed by atoms with Gasteiger partial charge in [0.1, 0.15) is 5.82 Å². The van der Waals surface area contributed by atoms with E-state index in [9.17, 15) is 17.6 Å². The molecule has 1 aromatic rings. The van der Waals surface area contributed by atoms with Crippen molar-refractivity contribution in [1.29, 1.82) is 0 Å². The molecule has 1 aromatic carbocycles. The molecule has 23 heavy (non-hydrogen) atoms. The van der Waals surface area contributed by atoms with Gasteiger partial charge in [-0.3, -0.25) is 4.79 Å². The average molecular weight is 342 g/mol. The van der Waals surface area contributed by atoms with E-state index in [1.165, 1.54) is 24.3 Å². The molecular formula is C16H23FN2O3S. The number of likely N-dealkylation sites (tertiary alicyclic amines) is 1. The lowest BCUT2D eigenvalue weighted by molar-refractivity contribution is 0.0822. The molecule has 0 radical (unpaired) electrons. The van der Waals surface area contributed by atoms with Gasteiger partial charge in [-0.1, -0.05) is 0 Å². The van der Waals surface area contributed by atoms with Crippen molar-refractivity contribution in [2.45, 2.75) is 19.8 Å². The largest absolute Gasteiger partial charge is 0.301 e. The second kappa shape index (κ2) is 7.99. The molecule has 1 aliphatic rings. The maximum atomic E-state index is 12.9. The van der Waals surface area contributed by atoms with Crippen LogP contribution in [-0.2, 0) is 10.0 Å². The Labute approximate surface area is 136 Å². The lowest BCUT2D eigenvalue weighted by atomic mass is 9.90. The van der Waals surface area contributed by atoms with Crippen molar-refractivity contribution in [2.24, 2.45) is 5.92 Å². The van der Waals surface area contributed by atoms with Crippen LogP contribution in [-0.4, -0.2) is 51.0 Å². The maximum Gasteiger partial charge on any atom is 0.211 e. The minimum atomic E-state index is -3.18. The quantitative estimate of drug-likeness (QED) is 0.766. The third-order valence-electron chi connectivity index (χ3n) is 4.14. The maximum absolute atomic E-state index is 12.9. The van der Waals surface area contributed by atoms with Gasteiger partial charge in [-0.25, -0.2) is 17.5 Å². The smallest absolute Gasteiger partial charge is 0.211 e. The molecular weight excluding hydrogens is 319 g/mol. The normalized spacial score (nSPS) is 19.7. The monoisotopic (exact) mass is 342 g/mol. The fourth-order valence-corrected chi connectivity index (χ4v) is 3.39. The van der Waals surface area contributed by atoms with E-state index in [-0.39, 0.29) is 23.3 Å². The van der Waals surface area contributed by atoms with Gasteiger partial charge >= 0.3 is 0 Å². The number of piperidine rings is 1. The van der Waals surface area contributed by atoms with Gasteiger partial charge in [-0.15, -0.1) is 0 Å². The summed E-state index contributed by atoms with van der Waals surface area (Å²) in [6.07, 6.45) is 1.71. The van der Waals surface area contributed by atoms with E-state index < -0.39 is 10.0 Å². The fraction of sp³-hybridized carbons (Fsp3) is 0.562. The van der Waals surface area contributed by atoms with Crippen LogP contribution in [0.15, 0.2) is 24.3 Å². The van der Waals surface area contributed by atoms with E-state index in [1.807, 2.05) is 0 Å². The van der Waals surface area contributed by atoms with Crippen LogP contribution in [0, 0.1) is 11.7 Å². The third kappa shape index (κ3) is 5.37. The topological polar surface area (TPSA) is 66.5 Å². The first kappa shape index (κ1) is 18.0. The second-order valence-corrected chi connectivity index (χ2v) is 7.90. The van der Waals surface area contributed by atoms with Crippen LogP contribution in [0.2, 0.25) is 0 Å². The van der Waals surface area contributed by atoms with E-state index in [2.05, 4.69) is 9.62 Å². The van der Waals surface area contributed by atoms with Crippen LogP contribution in [0.4, 0.5) is 4.39 Å². The molecule has 1 heterocycles. The molecule has 0 amide bonds. The lowest BCUT2D eigenvalue weighted by Crippen LogP contribution is -2.42. The number of hydrogen-bond donors (Lipinski definition) is 1. The van der Waals surface area contributed by atoms with Crippen LogP contribution in [0.1, 0.15) is 30.1 Å². The minimum Gasteiger partial charge on any atom is -0.301 e. The number of hydrogen-bond acceptors (Lipinski definition) is 4. The van der Waals surface area contributed by atoms with Crippen molar-refractivity contribution in [1.82, 2.24) is 9.62 Å². The Morgan fingerprint density at radius 3 is 2.70 bits per heavy atom. The Bertz CT molecular complexity index is 631. The standard InChI is InChI=1S/C16H23FN2O3S/c1-2-23(21,22)18-9-11-19-10-3-4-14(12-19)16(20)13-5-7-15(17)8-6-13/h5-8,14,18H,2-4,9-12H2,1H3/t14-/m0/s1. The van der Waals surface area contributed by atoms with E-state index in [0.29, 0.717) is 25.2 Å². The fourth-order valence-electron chi connectivity index (χ4n) is 2.78. The Morgan fingerprint density at radius 1 is 1.35 bits per heavy atom. The van der Waals surface area contributed by atoms with Crippen molar-refractivity contribution in [3.63, 3.8) is 0 Å². The number of ketones is 1. The van der Waals surface area contributed by atoms with Gasteiger partial charge in [0.05, 0.1) is 5.75 Å². The summed E-state index contributed by atoms with van der Waals surface area (Å²) in [5, 5.41) is 0. The Kier molecular flexibility index (Phi) is 6.26. The van der Waals surface area contributed by atoms with Crippen molar-refractivity contribution in [3.05, 3.63) is 35.6 Å². The summed E-state index contributed by atoms with van der Waals surface area (Å²) in [5.74, 6) is -0.366. The number of rotatable bonds is 7. The van der Waals surface area contributed by atoms with Crippen LogP contribution in [0.5, 0.6) is 0 Å². The molecule has 2 rings (SSSR count). The van der Waals surface area contributed by atoms with Gasteiger partial charge < -0.3 is 4.90 Å². The minimum absolute atomic E-state index is 0.0313. The van der Waals surface area contributed by atoms with Gasteiger partial charge in [0, 0.05) is 31.1 Å². The summed E-state index contributed by atoms with van der Waals surface area (Å²) in [5.41, 5.74) is 0.532. The molecule has 0 spiro atoms. The molecule has 1 N–H and O–H groups in total. The van der Waals surface area contributed by atoms with Gasteiger partial charge in [-0.2, -0.15) is 0 Å². The molecule has 1 saturated heterocycles. The highest BCUT2D eigenvalue weighted by molar-refractivity contribution is 7.89. The number of carbonyl (C=O) groups is 1. The second-order valence-electron chi connectivity index (χ2n) is 5.81. The summed E-state index contributed by atoms with van der Waals surface area (Å²) in [6.45, 7) is 4.02. The molecule has 0 bridgehead atoms. The van der Waals surface area contributed by atoms with Crippen molar-refractivity contribution >= 4 is 15.8 Å². The molecule has 7 heteroatoms. The first-order valence-electron chi connectivity index (χ1n) is 7.91. The Morgan fingerprint density at radius 2 is 2.04 bits per heavy atom. The van der Waals surface area contributed by atoms with Crippen LogP contribution >= 0.6 is 0 Å². The number of halogens is 1. The first-order valence-corrected chi connectivity index (χ1v) is 9.56. The molecule has 1 atom stereocenters. The molecule has 0 saturated carbocycles. The highest BCUT2D eigenvalue weighted by Crippen LogP contribution is 2.21. The number of Topliss-reactive ketones (excluding diaryl/α,β-unsaturated/α-hetero) is 1. The number of nitrogens with zero attached hydrogens (tertiary/aromatic N) is 1. The van der Waals surface area contributed by atoms with Crippen molar-refractivity contribution < 1.29 is 17.6 Å². The summed E-state index contributed by atoms with van der Waals surface area (Å²) in [6, 6.07) is 5.64. The summed E-state index contributed by atoms with van der Waals surface area (Å²) in [4.78, 5) is 14.6. The zero-order valence-electron chi connectivity index (χ0n) is 13.3. The van der Waals surface area contributed by atoms with Crippen LogP contribution in [0.3, 0.4) is 0 Å². The molecule has 1 aliphatic heterocycles. The number of benzene rings is 1. The van der Waals surface area contributed by atoms with Gasteiger partial charge in [0.2, 0.25) is 10.0 Å². The summed E-state index contributed by atoms with van der Waals surface area (Å²) in [7, 11) is -3.18. The summed E-state index contributed by atoms with van der Waals surface area (Å²) < 4.78 is 38.3. The van der Waals surface area contributed by atoms with Gasteiger partial charge in [0.25, 0.3) is 0 Å². The Hall–Kier alpha value is -1.31. The zero-order chi connectivity index (χ0) is 16.9. The predicted octanol–water partition coefficient (Wildman–Crippen LogP) is 1.66. The highest BCUT2D eigenvalue weighted by Gasteiger charge is 2.26. The van der Waals surface area contributed by atoms with E-state index >= 15 is 0 Å². The van der Waals surface area contributed by atoms with E-state index in [0.717, 1.165) is 19.4 Å². The predicted molar refractivity (Wildman–Crippen MR) is 87.4 cm³/mol. The molecule has 1 fully saturated rings. The molecule has 0 aromatic heterocycles. The summed E-state index contributed by atoms with van der Waals surface area (Å²) >= 11 is 0. The van der Waals surface area contributed by atoms with Gasteiger partial charge in [0.15, 0.2) is 5.78 Å². The molecule has 128 valence electrons. The van der Waals surface area contributed by atoms with E-state index in [4.69, 9.17) is 0 Å². The van der Waals surface area contributed by atoms with Crippen molar-refractivity contribution in [3.8, 4) is 0 Å². The highest BCUT2D eigenvalue weighted by atomic mass is 32.2. The SMILES string of the molecule is CCS(=O)(=O)NCCN1CCC[C@H](C(=O)c2ccc(F)cc2)C1. The number of carbonyl (C=O) groups excluding carboxylic acids is 1. The number of nitrogens with one attached hydrogen (secondary N) is 1. The Balaban J connectivity index is 1.88. The van der Waals surface area contributed by atoms with E-state index in [1.54, 1.807) is 6.92 Å².